The number of carbonyl (C=O) groups is 1. The largest absolute Gasteiger partial charge is 0.491 e. The Balaban J connectivity index is 2.74. The molecule has 0 heterocycles. The Morgan fingerprint density at radius 2 is 2.29 bits per heavy atom. The van der Waals surface area contributed by atoms with Gasteiger partial charge in [-0.2, -0.15) is 0 Å². The molecule has 0 fully saturated rings. The van der Waals surface area contributed by atoms with Crippen molar-refractivity contribution in [2.24, 2.45) is 5.92 Å². The molecule has 3 unspecified atom stereocenters. The minimum atomic E-state index is -1.23. The number of rotatable bonds is 5. The summed E-state index contributed by atoms with van der Waals surface area (Å²) in [6.45, 7) is 5.14. The summed E-state index contributed by atoms with van der Waals surface area (Å²) in [7, 11) is 0. The zero-order valence-electron chi connectivity index (χ0n) is 10.5. The Morgan fingerprint density at radius 3 is 2.76 bits per heavy atom. The van der Waals surface area contributed by atoms with Crippen LogP contribution in [-0.4, -0.2) is 34.3 Å². The molecule has 0 saturated carbocycles. The second kappa shape index (κ2) is 5.47. The Hall–Kier alpha value is -1.13. The SMILES string of the molecule is CCC(=O)C1C=CC(OCC(C)O)=CC1(C)O. The molecule has 0 aromatic rings. The Morgan fingerprint density at radius 1 is 1.65 bits per heavy atom. The summed E-state index contributed by atoms with van der Waals surface area (Å²) in [5.74, 6) is -0.0421. The van der Waals surface area contributed by atoms with Crippen molar-refractivity contribution < 1.29 is 19.7 Å². The van der Waals surface area contributed by atoms with Crippen LogP contribution in [0.15, 0.2) is 24.0 Å². The standard InChI is InChI=1S/C13H20O4/c1-4-12(15)11-6-5-10(7-13(11,3)16)17-8-9(2)14/h5-7,9,11,14,16H,4,8H2,1-3H3. The minimum Gasteiger partial charge on any atom is -0.491 e. The van der Waals surface area contributed by atoms with E-state index >= 15 is 0 Å². The second-order valence-corrected chi connectivity index (χ2v) is 4.59. The van der Waals surface area contributed by atoms with Crippen molar-refractivity contribution in [2.75, 3.05) is 6.61 Å². The van der Waals surface area contributed by atoms with Gasteiger partial charge >= 0.3 is 0 Å². The molecule has 17 heavy (non-hydrogen) atoms. The fourth-order valence-corrected chi connectivity index (χ4v) is 1.77. The van der Waals surface area contributed by atoms with Crippen molar-refractivity contribution in [1.29, 1.82) is 0 Å². The molecule has 3 atom stereocenters. The smallest absolute Gasteiger partial charge is 0.142 e. The van der Waals surface area contributed by atoms with Crippen LogP contribution >= 0.6 is 0 Å². The van der Waals surface area contributed by atoms with E-state index in [2.05, 4.69) is 0 Å². The van der Waals surface area contributed by atoms with Gasteiger partial charge in [0.2, 0.25) is 0 Å². The van der Waals surface area contributed by atoms with Crippen LogP contribution in [0, 0.1) is 5.92 Å². The lowest BCUT2D eigenvalue weighted by Crippen LogP contribution is -2.38. The zero-order valence-corrected chi connectivity index (χ0v) is 10.5. The summed E-state index contributed by atoms with van der Waals surface area (Å²) >= 11 is 0. The van der Waals surface area contributed by atoms with Crippen LogP contribution in [-0.2, 0) is 9.53 Å². The van der Waals surface area contributed by atoms with Crippen LogP contribution in [0.3, 0.4) is 0 Å². The number of Topliss-reactive ketones (excluding diaryl/α,β-unsaturated/α-hetero) is 1. The highest BCUT2D eigenvalue weighted by molar-refractivity contribution is 5.84. The van der Waals surface area contributed by atoms with Gasteiger partial charge in [-0.1, -0.05) is 13.0 Å². The normalized spacial score (nSPS) is 29.7. The minimum absolute atomic E-state index is 0.00271. The summed E-state index contributed by atoms with van der Waals surface area (Å²) in [5, 5.41) is 19.3. The maximum absolute atomic E-state index is 11.6. The molecule has 2 N–H and O–H groups in total. The van der Waals surface area contributed by atoms with E-state index in [9.17, 15) is 9.90 Å². The molecule has 0 amide bonds. The average Bonchev–Trinajstić information content (AvgIpc) is 2.24. The van der Waals surface area contributed by atoms with E-state index in [-0.39, 0.29) is 12.4 Å². The first-order valence-electron chi connectivity index (χ1n) is 5.84. The third kappa shape index (κ3) is 3.68. The lowest BCUT2D eigenvalue weighted by Gasteiger charge is -2.30. The quantitative estimate of drug-likeness (QED) is 0.757. The molecule has 0 saturated heterocycles. The molecule has 1 rings (SSSR count). The Bertz CT molecular complexity index is 339. The second-order valence-electron chi connectivity index (χ2n) is 4.59. The molecule has 0 spiro atoms. The fourth-order valence-electron chi connectivity index (χ4n) is 1.77. The molecule has 1 aliphatic carbocycles. The van der Waals surface area contributed by atoms with Crippen molar-refractivity contribution in [1.82, 2.24) is 0 Å². The first-order chi connectivity index (χ1) is 7.86. The first kappa shape index (κ1) is 13.9. The van der Waals surface area contributed by atoms with Crippen molar-refractivity contribution in [3.63, 3.8) is 0 Å². The van der Waals surface area contributed by atoms with Gasteiger partial charge in [0.15, 0.2) is 0 Å². The monoisotopic (exact) mass is 240 g/mol. The third-order valence-corrected chi connectivity index (χ3v) is 2.70. The van der Waals surface area contributed by atoms with Crippen molar-refractivity contribution in [2.45, 2.75) is 38.9 Å². The van der Waals surface area contributed by atoms with E-state index in [0.29, 0.717) is 12.2 Å². The number of aliphatic hydroxyl groups excluding tert-OH is 1. The van der Waals surface area contributed by atoms with E-state index in [1.165, 1.54) is 6.08 Å². The molecule has 0 aliphatic heterocycles. The highest BCUT2D eigenvalue weighted by atomic mass is 16.5. The molecule has 0 bridgehead atoms. The summed E-state index contributed by atoms with van der Waals surface area (Å²) in [5.41, 5.74) is -1.23. The summed E-state index contributed by atoms with van der Waals surface area (Å²) in [6, 6.07) is 0. The number of carbonyl (C=O) groups excluding carboxylic acids is 1. The lowest BCUT2D eigenvalue weighted by molar-refractivity contribution is -0.126. The van der Waals surface area contributed by atoms with Gasteiger partial charge < -0.3 is 14.9 Å². The van der Waals surface area contributed by atoms with Crippen molar-refractivity contribution >= 4 is 5.78 Å². The lowest BCUT2D eigenvalue weighted by atomic mass is 9.81. The molecular formula is C13H20O4. The Labute approximate surface area is 102 Å². The molecule has 1 aliphatic rings. The maximum Gasteiger partial charge on any atom is 0.142 e. The summed E-state index contributed by atoms with van der Waals surface area (Å²) < 4.78 is 5.29. The van der Waals surface area contributed by atoms with Gasteiger partial charge in [-0.3, -0.25) is 4.79 Å². The first-order valence-corrected chi connectivity index (χ1v) is 5.84. The average molecular weight is 240 g/mol. The highest BCUT2D eigenvalue weighted by Crippen LogP contribution is 2.29. The van der Waals surface area contributed by atoms with E-state index < -0.39 is 17.6 Å². The third-order valence-electron chi connectivity index (χ3n) is 2.70. The predicted octanol–water partition coefficient (Wildman–Crippen LogP) is 1.18. The van der Waals surface area contributed by atoms with Gasteiger partial charge in [-0.05, 0) is 26.0 Å². The highest BCUT2D eigenvalue weighted by Gasteiger charge is 2.35. The van der Waals surface area contributed by atoms with Crippen molar-refractivity contribution in [3.05, 3.63) is 24.0 Å². The van der Waals surface area contributed by atoms with Gasteiger partial charge in [0.25, 0.3) is 0 Å². The van der Waals surface area contributed by atoms with Gasteiger partial charge in [0, 0.05) is 6.42 Å². The van der Waals surface area contributed by atoms with E-state index in [1.54, 1.807) is 32.9 Å². The predicted molar refractivity (Wildman–Crippen MR) is 64.3 cm³/mol. The molecular weight excluding hydrogens is 220 g/mol. The summed E-state index contributed by atoms with van der Waals surface area (Å²) in [4.78, 5) is 11.6. The summed E-state index contributed by atoms with van der Waals surface area (Å²) in [6.07, 6.45) is 4.67. The van der Waals surface area contributed by atoms with Crippen LogP contribution < -0.4 is 0 Å². The molecule has 0 radical (unpaired) electrons. The van der Waals surface area contributed by atoms with Crippen LogP contribution in [0.4, 0.5) is 0 Å². The fraction of sp³-hybridized carbons (Fsp3) is 0.615. The van der Waals surface area contributed by atoms with Gasteiger partial charge in [0.1, 0.15) is 18.1 Å². The molecule has 0 aromatic heterocycles. The number of hydrogen-bond acceptors (Lipinski definition) is 4. The number of aliphatic hydroxyl groups is 2. The van der Waals surface area contributed by atoms with E-state index in [4.69, 9.17) is 9.84 Å². The zero-order chi connectivity index (χ0) is 13.1. The van der Waals surface area contributed by atoms with Gasteiger partial charge in [-0.25, -0.2) is 0 Å². The topological polar surface area (TPSA) is 66.8 Å². The van der Waals surface area contributed by atoms with Crippen LogP contribution in [0.1, 0.15) is 27.2 Å². The number of ketones is 1. The molecule has 0 aromatic carbocycles. The number of ether oxygens (including phenoxy) is 1. The van der Waals surface area contributed by atoms with Crippen LogP contribution in [0.25, 0.3) is 0 Å². The number of allylic oxidation sites excluding steroid dienone is 1. The Kier molecular flexibility index (Phi) is 4.48. The van der Waals surface area contributed by atoms with E-state index in [1.807, 2.05) is 0 Å². The molecule has 4 nitrogen and oxygen atoms in total. The molecule has 4 heteroatoms. The van der Waals surface area contributed by atoms with Crippen LogP contribution in [0.5, 0.6) is 0 Å². The maximum atomic E-state index is 11.6. The van der Waals surface area contributed by atoms with Gasteiger partial charge in [0.05, 0.1) is 17.6 Å². The van der Waals surface area contributed by atoms with Crippen LogP contribution in [0.2, 0.25) is 0 Å². The molecule has 96 valence electrons. The van der Waals surface area contributed by atoms with Crippen molar-refractivity contribution in [3.8, 4) is 0 Å². The van der Waals surface area contributed by atoms with E-state index in [0.717, 1.165) is 0 Å². The van der Waals surface area contributed by atoms with Gasteiger partial charge in [-0.15, -0.1) is 0 Å². The number of hydrogen-bond donors (Lipinski definition) is 2.